The Balaban J connectivity index is 2.09. The van der Waals surface area contributed by atoms with E-state index in [-0.39, 0.29) is 27.7 Å². The maximum Gasteiger partial charge on any atom is 0.268 e. The summed E-state index contributed by atoms with van der Waals surface area (Å²) in [5.41, 5.74) is 0.578. The molecule has 0 saturated heterocycles. The first-order valence-electron chi connectivity index (χ1n) is 6.17. The average molecular weight is 371 g/mol. The predicted molar refractivity (Wildman–Crippen MR) is 83.9 cm³/mol. The van der Waals surface area contributed by atoms with Crippen molar-refractivity contribution in [2.24, 2.45) is 0 Å². The van der Waals surface area contributed by atoms with Gasteiger partial charge in [-0.15, -0.1) is 10.2 Å². The maximum atomic E-state index is 11.5. The molecule has 0 radical (unpaired) electrons. The summed E-state index contributed by atoms with van der Waals surface area (Å²) in [5, 5.41) is 7.88. The molecule has 0 bridgehead atoms. The zero-order valence-corrected chi connectivity index (χ0v) is 13.9. The topological polar surface area (TPSA) is 98.8 Å². The molecule has 2 heterocycles. The fraction of sp³-hybridized carbons (Fsp3) is 0.0769. The van der Waals surface area contributed by atoms with E-state index in [4.69, 9.17) is 27.6 Å². The van der Waals surface area contributed by atoms with E-state index in [2.05, 4.69) is 20.2 Å². The van der Waals surface area contributed by atoms with Crippen LogP contribution in [0.3, 0.4) is 0 Å². The minimum atomic E-state index is -3.59. The third-order valence-electron chi connectivity index (χ3n) is 2.79. The van der Waals surface area contributed by atoms with Gasteiger partial charge in [0.1, 0.15) is 0 Å². The molecule has 0 aliphatic carbocycles. The third-order valence-corrected chi connectivity index (χ3v) is 4.25. The number of hydrogen-bond donors (Lipinski definition) is 0. The average Bonchev–Trinajstić information content (AvgIpc) is 2.96. The van der Waals surface area contributed by atoms with Crippen LogP contribution in [0.25, 0.3) is 23.0 Å². The van der Waals surface area contributed by atoms with E-state index >= 15 is 0 Å². The lowest BCUT2D eigenvalue weighted by Crippen LogP contribution is -2.05. The van der Waals surface area contributed by atoms with E-state index in [0.29, 0.717) is 10.6 Å². The molecule has 1 aromatic carbocycles. The van der Waals surface area contributed by atoms with Crippen LogP contribution in [0.4, 0.5) is 0 Å². The molecule has 0 aliphatic rings. The smallest absolute Gasteiger partial charge is 0.268 e. The molecule has 0 aliphatic heterocycles. The van der Waals surface area contributed by atoms with Gasteiger partial charge in [-0.2, -0.15) is 0 Å². The summed E-state index contributed by atoms with van der Waals surface area (Å²) in [6.07, 6.45) is 2.16. The van der Waals surface area contributed by atoms with E-state index in [1.165, 1.54) is 6.20 Å². The summed E-state index contributed by atoms with van der Waals surface area (Å²) in [5.74, 6) is 0.137. The fourth-order valence-electron chi connectivity index (χ4n) is 1.74. The van der Waals surface area contributed by atoms with Crippen LogP contribution >= 0.6 is 23.2 Å². The summed E-state index contributed by atoms with van der Waals surface area (Å²) >= 11 is 12.1. The second-order valence-electron chi connectivity index (χ2n) is 4.51. The standard InChI is InChI=1S/C13H8Cl2N4O3S/c1-23(20,21)13-16-6-9(15)10(17-13)12-19-18-11(22-12)7-4-2-3-5-8(7)14/h2-6H,1H3. The van der Waals surface area contributed by atoms with Gasteiger partial charge in [-0.1, -0.05) is 35.3 Å². The van der Waals surface area contributed by atoms with Crippen LogP contribution in [0.2, 0.25) is 10.0 Å². The Bertz CT molecular complexity index is 988. The summed E-state index contributed by atoms with van der Waals surface area (Å²) < 4.78 is 28.6. The minimum Gasteiger partial charge on any atom is -0.414 e. The highest BCUT2D eigenvalue weighted by atomic mass is 35.5. The predicted octanol–water partition coefficient (Wildman–Crippen LogP) is 2.90. The molecular weight excluding hydrogens is 363 g/mol. The van der Waals surface area contributed by atoms with Gasteiger partial charge < -0.3 is 4.42 Å². The second-order valence-corrected chi connectivity index (χ2v) is 7.24. The molecule has 7 nitrogen and oxygen atoms in total. The number of hydrogen-bond acceptors (Lipinski definition) is 7. The second kappa shape index (κ2) is 5.88. The van der Waals surface area contributed by atoms with Gasteiger partial charge in [-0.05, 0) is 12.1 Å². The van der Waals surface area contributed by atoms with Gasteiger partial charge in [0.25, 0.3) is 5.89 Å². The normalized spacial score (nSPS) is 11.6. The first-order valence-corrected chi connectivity index (χ1v) is 8.82. The van der Waals surface area contributed by atoms with Gasteiger partial charge >= 0.3 is 0 Å². The van der Waals surface area contributed by atoms with Crippen molar-refractivity contribution in [3.8, 4) is 23.0 Å². The molecule has 0 fully saturated rings. The van der Waals surface area contributed by atoms with Gasteiger partial charge in [0.2, 0.25) is 20.9 Å². The minimum absolute atomic E-state index is 0.0304. The zero-order valence-electron chi connectivity index (χ0n) is 11.6. The third kappa shape index (κ3) is 3.19. The highest BCUT2D eigenvalue weighted by Crippen LogP contribution is 2.30. The Hall–Kier alpha value is -2.03. The van der Waals surface area contributed by atoms with Crippen molar-refractivity contribution in [3.63, 3.8) is 0 Å². The Kier molecular flexibility index (Phi) is 4.05. The maximum absolute atomic E-state index is 11.5. The van der Waals surface area contributed by atoms with Gasteiger partial charge in [0.05, 0.1) is 21.8 Å². The Morgan fingerprint density at radius 1 is 1.04 bits per heavy atom. The SMILES string of the molecule is CS(=O)(=O)c1ncc(Cl)c(-c2nnc(-c3ccccc3Cl)o2)n1. The molecule has 0 saturated carbocycles. The van der Waals surface area contributed by atoms with Crippen molar-refractivity contribution in [1.29, 1.82) is 0 Å². The summed E-state index contributed by atoms with van der Waals surface area (Å²) in [6, 6.07) is 6.93. The van der Waals surface area contributed by atoms with Crippen LogP contribution < -0.4 is 0 Å². The van der Waals surface area contributed by atoms with E-state index in [9.17, 15) is 8.42 Å². The molecule has 0 spiro atoms. The molecular formula is C13H8Cl2N4O3S. The van der Waals surface area contributed by atoms with Crippen molar-refractivity contribution in [2.75, 3.05) is 6.26 Å². The highest BCUT2D eigenvalue weighted by molar-refractivity contribution is 7.90. The molecule has 3 aromatic rings. The van der Waals surface area contributed by atoms with E-state index < -0.39 is 9.84 Å². The number of sulfone groups is 1. The lowest BCUT2D eigenvalue weighted by molar-refractivity contribution is 0.578. The van der Waals surface area contributed by atoms with E-state index in [1.54, 1.807) is 24.3 Å². The van der Waals surface area contributed by atoms with Gasteiger partial charge in [-0.25, -0.2) is 18.4 Å². The van der Waals surface area contributed by atoms with E-state index in [1.807, 2.05) is 0 Å². The molecule has 0 unspecified atom stereocenters. The van der Waals surface area contributed by atoms with Crippen LogP contribution in [-0.4, -0.2) is 34.8 Å². The fourth-order valence-corrected chi connectivity index (χ4v) is 2.63. The van der Waals surface area contributed by atoms with Crippen molar-refractivity contribution in [3.05, 3.63) is 40.5 Å². The van der Waals surface area contributed by atoms with Gasteiger partial charge in [-0.3, -0.25) is 0 Å². The summed E-state index contributed by atoms with van der Waals surface area (Å²) in [7, 11) is -3.59. The van der Waals surface area contributed by atoms with E-state index in [0.717, 1.165) is 6.26 Å². The number of halogens is 2. The molecule has 3 rings (SSSR count). The monoisotopic (exact) mass is 370 g/mol. The van der Waals surface area contributed by atoms with Crippen LogP contribution in [-0.2, 0) is 9.84 Å². The Labute approximate surface area is 141 Å². The largest absolute Gasteiger partial charge is 0.414 e. The van der Waals surface area contributed by atoms with Crippen molar-refractivity contribution in [1.82, 2.24) is 20.2 Å². The Morgan fingerprint density at radius 3 is 2.43 bits per heavy atom. The molecule has 118 valence electrons. The number of benzene rings is 1. The van der Waals surface area contributed by atoms with Crippen LogP contribution in [0.1, 0.15) is 0 Å². The summed E-state index contributed by atoms with van der Waals surface area (Å²) in [6.45, 7) is 0. The first-order chi connectivity index (χ1) is 10.9. The van der Waals surface area contributed by atoms with Crippen molar-refractivity contribution >= 4 is 33.0 Å². The lowest BCUT2D eigenvalue weighted by Gasteiger charge is -2.01. The van der Waals surface area contributed by atoms with Gasteiger partial charge in [0.15, 0.2) is 5.69 Å². The number of rotatable bonds is 3. The molecule has 0 amide bonds. The lowest BCUT2D eigenvalue weighted by atomic mass is 10.2. The molecule has 10 heteroatoms. The van der Waals surface area contributed by atoms with Crippen LogP contribution in [0.5, 0.6) is 0 Å². The zero-order chi connectivity index (χ0) is 16.6. The number of aromatic nitrogens is 4. The summed E-state index contributed by atoms with van der Waals surface area (Å²) in [4.78, 5) is 7.56. The number of nitrogens with zero attached hydrogens (tertiary/aromatic N) is 4. The first kappa shape index (κ1) is 15.9. The molecule has 0 N–H and O–H groups in total. The van der Waals surface area contributed by atoms with Gasteiger partial charge in [0, 0.05) is 6.26 Å². The molecule has 0 atom stereocenters. The molecule has 23 heavy (non-hydrogen) atoms. The Morgan fingerprint density at radius 2 is 1.74 bits per heavy atom. The highest BCUT2D eigenvalue weighted by Gasteiger charge is 2.20. The quantitative estimate of drug-likeness (QED) is 0.653. The molecule has 2 aromatic heterocycles. The van der Waals surface area contributed by atoms with Crippen LogP contribution in [0.15, 0.2) is 40.0 Å². The van der Waals surface area contributed by atoms with Crippen molar-refractivity contribution < 1.29 is 12.8 Å². The van der Waals surface area contributed by atoms with Crippen LogP contribution in [0, 0.1) is 0 Å². The van der Waals surface area contributed by atoms with Crippen molar-refractivity contribution in [2.45, 2.75) is 5.16 Å².